The van der Waals surface area contributed by atoms with Crippen LogP contribution in [-0.2, 0) is 0 Å². The Labute approximate surface area is 103 Å². The smallest absolute Gasteiger partial charge is 0.203 e. The average Bonchev–Trinajstić information content (AvgIpc) is 2.51. The standard InChI is InChI=1S/C10H15IN2S/c1-10(2)6-4-3-5-7(10)8-12-9(11)13-14-8/h7H,3-6H2,1-2H3. The van der Waals surface area contributed by atoms with Gasteiger partial charge >= 0.3 is 0 Å². The SMILES string of the molecule is CC1(C)CCCCC1c1nc(I)ns1. The van der Waals surface area contributed by atoms with Crippen molar-refractivity contribution in [3.8, 4) is 0 Å². The molecule has 78 valence electrons. The van der Waals surface area contributed by atoms with Crippen LogP contribution in [0.1, 0.15) is 50.5 Å². The Morgan fingerprint density at radius 2 is 2.21 bits per heavy atom. The summed E-state index contributed by atoms with van der Waals surface area (Å²) in [6, 6.07) is 0. The average molecular weight is 322 g/mol. The van der Waals surface area contributed by atoms with Gasteiger partial charge in [0.2, 0.25) is 3.83 Å². The van der Waals surface area contributed by atoms with Crippen LogP contribution in [0.5, 0.6) is 0 Å². The fourth-order valence-corrected chi connectivity index (χ4v) is 3.93. The van der Waals surface area contributed by atoms with Crippen LogP contribution in [0.25, 0.3) is 0 Å². The van der Waals surface area contributed by atoms with Gasteiger partial charge in [0, 0.05) is 28.5 Å². The van der Waals surface area contributed by atoms with E-state index >= 15 is 0 Å². The van der Waals surface area contributed by atoms with Crippen molar-refractivity contribution in [2.45, 2.75) is 45.4 Å². The number of halogens is 1. The molecule has 1 heterocycles. The summed E-state index contributed by atoms with van der Waals surface area (Å²) in [6.45, 7) is 4.73. The Balaban J connectivity index is 2.23. The molecule has 1 fully saturated rings. The van der Waals surface area contributed by atoms with Gasteiger partial charge in [-0.1, -0.05) is 26.7 Å². The van der Waals surface area contributed by atoms with E-state index in [1.54, 1.807) is 11.5 Å². The van der Waals surface area contributed by atoms with E-state index in [0.29, 0.717) is 11.3 Å². The first-order valence-electron chi connectivity index (χ1n) is 5.09. The summed E-state index contributed by atoms with van der Waals surface area (Å²) in [5.41, 5.74) is 0.418. The highest BCUT2D eigenvalue weighted by atomic mass is 127. The highest BCUT2D eigenvalue weighted by Crippen LogP contribution is 2.46. The van der Waals surface area contributed by atoms with Crippen molar-refractivity contribution in [3.63, 3.8) is 0 Å². The van der Waals surface area contributed by atoms with Crippen LogP contribution in [0.3, 0.4) is 0 Å². The second kappa shape index (κ2) is 4.04. The van der Waals surface area contributed by atoms with Crippen LogP contribution in [0.15, 0.2) is 0 Å². The molecule has 4 heteroatoms. The van der Waals surface area contributed by atoms with E-state index in [4.69, 9.17) is 0 Å². The highest BCUT2D eigenvalue weighted by molar-refractivity contribution is 14.1. The zero-order chi connectivity index (χ0) is 10.2. The third-order valence-electron chi connectivity index (χ3n) is 3.22. The Bertz CT molecular complexity index is 322. The molecular weight excluding hydrogens is 307 g/mol. The topological polar surface area (TPSA) is 25.8 Å². The van der Waals surface area contributed by atoms with E-state index in [1.165, 1.54) is 30.7 Å². The van der Waals surface area contributed by atoms with Crippen molar-refractivity contribution in [2.75, 3.05) is 0 Å². The molecule has 0 radical (unpaired) electrons. The lowest BCUT2D eigenvalue weighted by molar-refractivity contribution is 0.199. The third kappa shape index (κ3) is 2.10. The molecule has 1 atom stereocenters. The molecule has 1 aliphatic rings. The maximum Gasteiger partial charge on any atom is 0.203 e. The Kier molecular flexibility index (Phi) is 3.12. The molecule has 2 nitrogen and oxygen atoms in total. The molecule has 1 saturated carbocycles. The molecular formula is C10H15IN2S. The number of aromatic nitrogens is 2. The first kappa shape index (κ1) is 10.8. The van der Waals surface area contributed by atoms with Gasteiger partial charge in [0.05, 0.1) is 0 Å². The first-order valence-corrected chi connectivity index (χ1v) is 6.94. The van der Waals surface area contributed by atoms with Crippen molar-refractivity contribution in [2.24, 2.45) is 5.41 Å². The zero-order valence-corrected chi connectivity index (χ0v) is 11.6. The van der Waals surface area contributed by atoms with Gasteiger partial charge in [-0.15, -0.1) is 0 Å². The number of rotatable bonds is 1. The van der Waals surface area contributed by atoms with Crippen molar-refractivity contribution in [1.29, 1.82) is 0 Å². The quantitative estimate of drug-likeness (QED) is 0.735. The van der Waals surface area contributed by atoms with Gasteiger partial charge in [-0.2, -0.15) is 4.37 Å². The van der Waals surface area contributed by atoms with Gasteiger partial charge in [-0.3, -0.25) is 0 Å². The van der Waals surface area contributed by atoms with Crippen LogP contribution < -0.4 is 0 Å². The Morgan fingerprint density at radius 3 is 2.79 bits per heavy atom. The maximum atomic E-state index is 4.52. The van der Waals surface area contributed by atoms with E-state index in [2.05, 4.69) is 45.8 Å². The summed E-state index contributed by atoms with van der Waals surface area (Å²) in [5, 5.41) is 1.25. The molecule has 1 aromatic rings. The second-order valence-corrected chi connectivity index (χ2v) is 6.44. The van der Waals surface area contributed by atoms with Crippen LogP contribution in [0, 0.1) is 9.25 Å². The van der Waals surface area contributed by atoms with Gasteiger partial charge in [0.25, 0.3) is 0 Å². The monoisotopic (exact) mass is 322 g/mol. The van der Waals surface area contributed by atoms with Gasteiger partial charge in [-0.25, -0.2) is 4.98 Å². The minimum absolute atomic E-state index is 0.418. The van der Waals surface area contributed by atoms with Crippen molar-refractivity contribution >= 4 is 34.1 Å². The third-order valence-corrected chi connectivity index (χ3v) is 4.86. The molecule has 1 aliphatic carbocycles. The van der Waals surface area contributed by atoms with Crippen LogP contribution in [-0.4, -0.2) is 9.36 Å². The normalized spacial score (nSPS) is 26.4. The molecule has 0 amide bonds. The van der Waals surface area contributed by atoms with E-state index in [-0.39, 0.29) is 0 Å². The predicted molar refractivity (Wildman–Crippen MR) is 67.6 cm³/mol. The van der Waals surface area contributed by atoms with Crippen molar-refractivity contribution in [1.82, 2.24) is 9.36 Å². The molecule has 0 aromatic carbocycles. The highest BCUT2D eigenvalue weighted by Gasteiger charge is 2.35. The first-order chi connectivity index (χ1) is 6.59. The van der Waals surface area contributed by atoms with Crippen LogP contribution in [0.2, 0.25) is 0 Å². The molecule has 2 rings (SSSR count). The fraction of sp³-hybridized carbons (Fsp3) is 0.800. The second-order valence-electron chi connectivity index (χ2n) is 4.69. The fourth-order valence-electron chi connectivity index (χ4n) is 2.31. The van der Waals surface area contributed by atoms with Crippen molar-refractivity contribution < 1.29 is 0 Å². The summed E-state index contributed by atoms with van der Waals surface area (Å²) in [7, 11) is 0. The Hall–Kier alpha value is 0.290. The number of hydrogen-bond donors (Lipinski definition) is 0. The molecule has 14 heavy (non-hydrogen) atoms. The van der Waals surface area contributed by atoms with Crippen LogP contribution >= 0.6 is 34.1 Å². The molecule has 0 spiro atoms. The van der Waals surface area contributed by atoms with E-state index in [0.717, 1.165) is 3.83 Å². The molecule has 1 aromatic heterocycles. The zero-order valence-electron chi connectivity index (χ0n) is 8.59. The van der Waals surface area contributed by atoms with Gasteiger partial charge in [0.15, 0.2) is 0 Å². The summed E-state index contributed by atoms with van der Waals surface area (Å²) >= 11 is 3.79. The van der Waals surface area contributed by atoms with E-state index in [9.17, 15) is 0 Å². The van der Waals surface area contributed by atoms with Gasteiger partial charge < -0.3 is 0 Å². The van der Waals surface area contributed by atoms with E-state index < -0.39 is 0 Å². The maximum absolute atomic E-state index is 4.52. The minimum atomic E-state index is 0.418. The van der Waals surface area contributed by atoms with Gasteiger partial charge in [0.1, 0.15) is 5.01 Å². The minimum Gasteiger partial charge on any atom is -0.215 e. The molecule has 0 N–H and O–H groups in total. The van der Waals surface area contributed by atoms with Crippen molar-refractivity contribution in [3.05, 3.63) is 8.84 Å². The summed E-state index contributed by atoms with van der Waals surface area (Å²) in [5.74, 6) is 0.636. The predicted octanol–water partition coefficient (Wildman–Crippen LogP) is 3.83. The summed E-state index contributed by atoms with van der Waals surface area (Å²) in [4.78, 5) is 4.52. The summed E-state index contributed by atoms with van der Waals surface area (Å²) in [6.07, 6.45) is 5.34. The molecule has 1 unspecified atom stereocenters. The van der Waals surface area contributed by atoms with Gasteiger partial charge in [-0.05, 0) is 29.8 Å². The largest absolute Gasteiger partial charge is 0.215 e. The summed E-state index contributed by atoms with van der Waals surface area (Å²) < 4.78 is 5.18. The lowest BCUT2D eigenvalue weighted by Gasteiger charge is -2.37. The lowest BCUT2D eigenvalue weighted by Crippen LogP contribution is -2.25. The molecule has 0 bridgehead atoms. The van der Waals surface area contributed by atoms with E-state index in [1.807, 2.05) is 0 Å². The number of hydrogen-bond acceptors (Lipinski definition) is 3. The Morgan fingerprint density at radius 1 is 1.43 bits per heavy atom. The number of nitrogens with zero attached hydrogens (tertiary/aromatic N) is 2. The molecule has 0 aliphatic heterocycles. The molecule has 0 saturated heterocycles. The lowest BCUT2D eigenvalue weighted by atomic mass is 9.69. The van der Waals surface area contributed by atoms with Crippen LogP contribution in [0.4, 0.5) is 0 Å².